The zero-order valence-electron chi connectivity index (χ0n) is 17.4. The third kappa shape index (κ3) is 6.35. The molecule has 9 heteroatoms. The molecule has 1 amide bonds. The fourth-order valence-electron chi connectivity index (χ4n) is 3.42. The van der Waals surface area contributed by atoms with E-state index in [1.54, 1.807) is 17.0 Å². The molecule has 0 unspecified atom stereocenters. The molecule has 2 aromatic carbocycles. The SMILES string of the molecule is CCOc1ccccc1OC1CCN(C(=O)CCNS(=O)(=O)c2ccccc2Cl)CC1. The lowest BCUT2D eigenvalue weighted by Gasteiger charge is -2.32. The first-order valence-electron chi connectivity index (χ1n) is 10.3. The van der Waals surface area contributed by atoms with Crippen molar-refractivity contribution >= 4 is 27.5 Å². The highest BCUT2D eigenvalue weighted by atomic mass is 35.5. The van der Waals surface area contributed by atoms with E-state index in [0.29, 0.717) is 44.0 Å². The van der Waals surface area contributed by atoms with E-state index in [1.807, 2.05) is 31.2 Å². The molecule has 0 radical (unpaired) electrons. The van der Waals surface area contributed by atoms with E-state index in [-0.39, 0.29) is 34.9 Å². The highest BCUT2D eigenvalue weighted by Crippen LogP contribution is 2.29. The Balaban J connectivity index is 1.45. The van der Waals surface area contributed by atoms with Crippen molar-refractivity contribution in [3.05, 3.63) is 53.6 Å². The van der Waals surface area contributed by atoms with Crippen LogP contribution in [0.25, 0.3) is 0 Å². The number of carbonyl (C=O) groups is 1. The average molecular weight is 467 g/mol. The number of likely N-dealkylation sites (tertiary alicyclic amines) is 1. The second-order valence-electron chi connectivity index (χ2n) is 7.16. The summed E-state index contributed by atoms with van der Waals surface area (Å²) in [5.41, 5.74) is 0. The number of carbonyl (C=O) groups excluding carboxylic acids is 1. The van der Waals surface area contributed by atoms with Crippen LogP contribution >= 0.6 is 11.6 Å². The summed E-state index contributed by atoms with van der Waals surface area (Å²) in [7, 11) is -3.75. The van der Waals surface area contributed by atoms with Crippen LogP contribution in [-0.4, -0.2) is 51.6 Å². The molecule has 1 N–H and O–H groups in total. The Morgan fingerprint density at radius 1 is 1.10 bits per heavy atom. The van der Waals surface area contributed by atoms with Crippen molar-refractivity contribution in [1.82, 2.24) is 9.62 Å². The number of ether oxygens (including phenoxy) is 2. The van der Waals surface area contributed by atoms with Crippen LogP contribution in [0.5, 0.6) is 11.5 Å². The predicted octanol–water partition coefficient (Wildman–Crippen LogP) is 3.48. The monoisotopic (exact) mass is 466 g/mol. The molecule has 168 valence electrons. The minimum Gasteiger partial charge on any atom is -0.490 e. The largest absolute Gasteiger partial charge is 0.490 e. The van der Waals surface area contributed by atoms with Gasteiger partial charge in [0.15, 0.2) is 11.5 Å². The van der Waals surface area contributed by atoms with Gasteiger partial charge in [0, 0.05) is 38.9 Å². The molecule has 0 spiro atoms. The topological polar surface area (TPSA) is 84.9 Å². The van der Waals surface area contributed by atoms with Gasteiger partial charge in [-0.3, -0.25) is 4.79 Å². The van der Waals surface area contributed by atoms with Crippen LogP contribution in [0, 0.1) is 0 Å². The van der Waals surface area contributed by atoms with Crippen molar-refractivity contribution in [2.45, 2.75) is 37.2 Å². The molecule has 2 aromatic rings. The van der Waals surface area contributed by atoms with Gasteiger partial charge < -0.3 is 14.4 Å². The van der Waals surface area contributed by atoms with Gasteiger partial charge in [0.05, 0.1) is 11.6 Å². The summed E-state index contributed by atoms with van der Waals surface area (Å²) in [6.07, 6.45) is 1.50. The van der Waals surface area contributed by atoms with Crippen LogP contribution < -0.4 is 14.2 Å². The van der Waals surface area contributed by atoms with Crippen molar-refractivity contribution in [3.8, 4) is 11.5 Å². The molecule has 0 atom stereocenters. The van der Waals surface area contributed by atoms with Gasteiger partial charge in [-0.15, -0.1) is 0 Å². The minimum atomic E-state index is -3.75. The number of rotatable bonds is 9. The first-order chi connectivity index (χ1) is 14.9. The van der Waals surface area contributed by atoms with Gasteiger partial charge in [0.25, 0.3) is 0 Å². The van der Waals surface area contributed by atoms with Crippen molar-refractivity contribution < 1.29 is 22.7 Å². The maximum Gasteiger partial charge on any atom is 0.242 e. The van der Waals surface area contributed by atoms with E-state index < -0.39 is 10.0 Å². The van der Waals surface area contributed by atoms with Gasteiger partial charge in [-0.25, -0.2) is 13.1 Å². The first kappa shape index (κ1) is 23.4. The van der Waals surface area contributed by atoms with Gasteiger partial charge in [0.1, 0.15) is 11.0 Å². The number of sulfonamides is 1. The second-order valence-corrected chi connectivity index (χ2v) is 9.30. The lowest BCUT2D eigenvalue weighted by atomic mass is 10.1. The van der Waals surface area contributed by atoms with E-state index in [0.717, 1.165) is 0 Å². The summed E-state index contributed by atoms with van der Waals surface area (Å²) in [6.45, 7) is 3.64. The van der Waals surface area contributed by atoms with E-state index in [2.05, 4.69) is 4.72 Å². The Kier molecular flexibility index (Phi) is 8.17. The molecule has 0 aromatic heterocycles. The number of piperidine rings is 1. The van der Waals surface area contributed by atoms with Crippen molar-refractivity contribution in [2.24, 2.45) is 0 Å². The average Bonchev–Trinajstić information content (AvgIpc) is 2.76. The molecule has 0 aliphatic carbocycles. The van der Waals surface area contributed by atoms with Gasteiger partial charge in [-0.05, 0) is 31.2 Å². The predicted molar refractivity (Wildman–Crippen MR) is 119 cm³/mol. The number of hydrogen-bond donors (Lipinski definition) is 1. The quantitative estimate of drug-likeness (QED) is 0.611. The summed E-state index contributed by atoms with van der Waals surface area (Å²) in [6, 6.07) is 13.8. The number of amides is 1. The highest BCUT2D eigenvalue weighted by molar-refractivity contribution is 7.89. The molecule has 1 fully saturated rings. The molecule has 7 nitrogen and oxygen atoms in total. The van der Waals surface area contributed by atoms with Crippen molar-refractivity contribution in [2.75, 3.05) is 26.2 Å². The normalized spacial score (nSPS) is 15.0. The summed E-state index contributed by atoms with van der Waals surface area (Å²) in [5.74, 6) is 1.34. The van der Waals surface area contributed by atoms with Crippen molar-refractivity contribution in [3.63, 3.8) is 0 Å². The number of nitrogens with one attached hydrogen (secondary N) is 1. The van der Waals surface area contributed by atoms with Gasteiger partial charge in [0.2, 0.25) is 15.9 Å². The number of halogens is 1. The molecule has 1 heterocycles. The third-order valence-corrected chi connectivity index (χ3v) is 6.96. The summed E-state index contributed by atoms with van der Waals surface area (Å²) in [4.78, 5) is 14.3. The molecule has 0 bridgehead atoms. The van der Waals surface area contributed by atoms with Crippen molar-refractivity contribution in [1.29, 1.82) is 0 Å². The van der Waals surface area contributed by atoms with Gasteiger partial charge in [-0.1, -0.05) is 35.9 Å². The Bertz CT molecular complexity index is 991. The standard InChI is InChI=1S/C22H27ClN2O5S/c1-2-29-19-8-4-5-9-20(19)30-17-12-15-25(16-13-17)22(26)11-14-24-31(27,28)21-10-6-3-7-18(21)23/h3-10,17,24H,2,11-16H2,1H3. The van der Waals surface area contributed by atoms with Crippen LogP contribution in [0.2, 0.25) is 5.02 Å². The molecule has 3 rings (SSSR count). The van der Waals surface area contributed by atoms with E-state index in [1.165, 1.54) is 12.1 Å². The Morgan fingerprint density at radius 3 is 2.42 bits per heavy atom. The lowest BCUT2D eigenvalue weighted by molar-refractivity contribution is -0.132. The minimum absolute atomic E-state index is 0.00406. The Labute approximate surface area is 188 Å². The summed E-state index contributed by atoms with van der Waals surface area (Å²) in [5, 5.41) is 0.148. The van der Waals surface area contributed by atoms with Gasteiger partial charge >= 0.3 is 0 Å². The molecule has 1 aliphatic rings. The van der Waals surface area contributed by atoms with Gasteiger partial charge in [-0.2, -0.15) is 0 Å². The zero-order chi connectivity index (χ0) is 22.3. The van der Waals surface area contributed by atoms with Crippen LogP contribution in [0.1, 0.15) is 26.2 Å². The van der Waals surface area contributed by atoms with E-state index in [4.69, 9.17) is 21.1 Å². The second kappa shape index (κ2) is 10.8. The molecule has 1 saturated heterocycles. The molecule has 1 aliphatic heterocycles. The molecular weight excluding hydrogens is 440 g/mol. The highest BCUT2D eigenvalue weighted by Gasteiger charge is 2.25. The van der Waals surface area contributed by atoms with E-state index in [9.17, 15) is 13.2 Å². The fourth-order valence-corrected chi connectivity index (χ4v) is 4.96. The lowest BCUT2D eigenvalue weighted by Crippen LogP contribution is -2.42. The molecule has 0 saturated carbocycles. The smallest absolute Gasteiger partial charge is 0.242 e. The number of nitrogens with zero attached hydrogens (tertiary/aromatic N) is 1. The molecular formula is C22H27ClN2O5S. The third-order valence-electron chi connectivity index (χ3n) is 4.99. The molecule has 31 heavy (non-hydrogen) atoms. The van der Waals surface area contributed by atoms with Crippen LogP contribution in [0.15, 0.2) is 53.4 Å². The Morgan fingerprint density at radius 2 is 1.74 bits per heavy atom. The number of benzene rings is 2. The van der Waals surface area contributed by atoms with Crippen LogP contribution in [0.4, 0.5) is 0 Å². The summed E-state index contributed by atoms with van der Waals surface area (Å²) >= 11 is 5.96. The van der Waals surface area contributed by atoms with E-state index >= 15 is 0 Å². The maximum absolute atomic E-state index is 12.5. The maximum atomic E-state index is 12.5. The number of hydrogen-bond acceptors (Lipinski definition) is 5. The zero-order valence-corrected chi connectivity index (χ0v) is 19.0. The number of para-hydroxylation sites is 2. The fraction of sp³-hybridized carbons (Fsp3) is 0.409. The summed E-state index contributed by atoms with van der Waals surface area (Å²) < 4.78 is 38.8. The Hall–Kier alpha value is -2.29. The van der Waals surface area contributed by atoms with Crippen LogP contribution in [0.3, 0.4) is 0 Å². The van der Waals surface area contributed by atoms with Crippen LogP contribution in [-0.2, 0) is 14.8 Å². The first-order valence-corrected chi connectivity index (χ1v) is 12.2.